The van der Waals surface area contributed by atoms with E-state index in [1.165, 1.54) is 14.2 Å². The van der Waals surface area contributed by atoms with Gasteiger partial charge in [0.15, 0.2) is 0 Å². The van der Waals surface area contributed by atoms with Crippen LogP contribution in [0.15, 0.2) is 0 Å². The fourth-order valence-electron chi connectivity index (χ4n) is 0.201. The van der Waals surface area contributed by atoms with Crippen molar-refractivity contribution in [2.45, 2.75) is 12.7 Å². The number of hydrogen-bond acceptors (Lipinski definition) is 3. The van der Waals surface area contributed by atoms with E-state index in [0.717, 1.165) is 6.21 Å². The van der Waals surface area contributed by atoms with Gasteiger partial charge in [0.25, 0.3) is 0 Å². The lowest BCUT2D eigenvalue weighted by Crippen LogP contribution is -2.30. The predicted molar refractivity (Wildman–Crippen MR) is 31.2 cm³/mol. The van der Waals surface area contributed by atoms with E-state index in [0.29, 0.717) is 0 Å². The number of rotatable bonds is 3. The zero-order valence-electron chi connectivity index (χ0n) is 5.39. The standard InChI is InChI=1S/C5H11NO2/c1-5(4-6,7-2)8-3/h4,6H,1-3H3. The quantitative estimate of drug-likeness (QED) is 0.435. The van der Waals surface area contributed by atoms with Gasteiger partial charge in [-0.2, -0.15) is 0 Å². The van der Waals surface area contributed by atoms with E-state index >= 15 is 0 Å². The van der Waals surface area contributed by atoms with Gasteiger partial charge in [-0.3, -0.25) is 0 Å². The highest BCUT2D eigenvalue weighted by molar-refractivity contribution is 5.62. The van der Waals surface area contributed by atoms with E-state index in [1.54, 1.807) is 6.92 Å². The van der Waals surface area contributed by atoms with Gasteiger partial charge in [0.2, 0.25) is 5.79 Å². The van der Waals surface area contributed by atoms with Crippen LogP contribution in [0.25, 0.3) is 0 Å². The zero-order valence-corrected chi connectivity index (χ0v) is 5.39. The van der Waals surface area contributed by atoms with Crippen LogP contribution in [0.1, 0.15) is 6.92 Å². The minimum atomic E-state index is -0.833. The van der Waals surface area contributed by atoms with Crippen LogP contribution in [0, 0.1) is 5.41 Å². The van der Waals surface area contributed by atoms with Gasteiger partial charge < -0.3 is 14.9 Å². The van der Waals surface area contributed by atoms with E-state index < -0.39 is 5.79 Å². The average molecular weight is 117 g/mol. The van der Waals surface area contributed by atoms with Crippen molar-refractivity contribution in [2.75, 3.05) is 14.2 Å². The minimum absolute atomic E-state index is 0.833. The van der Waals surface area contributed by atoms with Gasteiger partial charge >= 0.3 is 0 Å². The first-order valence-corrected chi connectivity index (χ1v) is 2.30. The molecule has 8 heavy (non-hydrogen) atoms. The van der Waals surface area contributed by atoms with E-state index in [9.17, 15) is 0 Å². The molecule has 0 bridgehead atoms. The summed E-state index contributed by atoms with van der Waals surface area (Å²) in [5.41, 5.74) is 0. The first kappa shape index (κ1) is 7.59. The first-order valence-electron chi connectivity index (χ1n) is 2.30. The molecule has 0 aliphatic carbocycles. The van der Waals surface area contributed by atoms with Crippen molar-refractivity contribution in [3.63, 3.8) is 0 Å². The summed E-state index contributed by atoms with van der Waals surface area (Å²) in [5, 5.41) is 6.78. The summed E-state index contributed by atoms with van der Waals surface area (Å²) >= 11 is 0. The second kappa shape index (κ2) is 2.79. The Labute approximate surface area is 49.1 Å². The molecule has 0 aromatic carbocycles. The number of hydrogen-bond donors (Lipinski definition) is 1. The molecule has 0 spiro atoms. The smallest absolute Gasteiger partial charge is 0.201 e. The van der Waals surface area contributed by atoms with Crippen LogP contribution in [-0.4, -0.2) is 26.2 Å². The van der Waals surface area contributed by atoms with Crippen molar-refractivity contribution in [3.8, 4) is 0 Å². The fraction of sp³-hybridized carbons (Fsp3) is 0.800. The van der Waals surface area contributed by atoms with Gasteiger partial charge in [0.05, 0.1) is 6.21 Å². The zero-order chi connectivity index (χ0) is 6.62. The molecule has 0 aromatic heterocycles. The molecule has 0 aliphatic rings. The molecule has 0 saturated heterocycles. The lowest BCUT2D eigenvalue weighted by Gasteiger charge is -2.19. The number of nitrogens with one attached hydrogen (secondary N) is 1. The van der Waals surface area contributed by atoms with Gasteiger partial charge in [-0.05, 0) is 6.92 Å². The Morgan fingerprint density at radius 1 is 1.38 bits per heavy atom. The average Bonchev–Trinajstić information content (AvgIpc) is 1.87. The van der Waals surface area contributed by atoms with Crippen molar-refractivity contribution in [3.05, 3.63) is 0 Å². The molecule has 0 fully saturated rings. The summed E-state index contributed by atoms with van der Waals surface area (Å²) < 4.78 is 9.54. The largest absolute Gasteiger partial charge is 0.349 e. The topological polar surface area (TPSA) is 42.3 Å². The number of ether oxygens (including phenoxy) is 2. The van der Waals surface area contributed by atoms with Gasteiger partial charge in [0, 0.05) is 14.2 Å². The fourth-order valence-corrected chi connectivity index (χ4v) is 0.201. The molecule has 0 unspecified atom stereocenters. The van der Waals surface area contributed by atoms with Gasteiger partial charge in [-0.1, -0.05) is 0 Å². The SMILES string of the molecule is COC(C)(C=N)OC. The van der Waals surface area contributed by atoms with E-state index in [1.807, 2.05) is 0 Å². The normalized spacial score (nSPS) is 11.4. The predicted octanol–water partition coefficient (Wildman–Crippen LogP) is 0.645. The van der Waals surface area contributed by atoms with Crippen LogP contribution in [0.4, 0.5) is 0 Å². The molecule has 0 aliphatic heterocycles. The first-order chi connectivity index (χ1) is 3.68. The van der Waals surface area contributed by atoms with Crippen molar-refractivity contribution in [2.24, 2.45) is 0 Å². The van der Waals surface area contributed by atoms with Crippen molar-refractivity contribution in [1.82, 2.24) is 0 Å². The maximum absolute atomic E-state index is 6.78. The van der Waals surface area contributed by atoms with Crippen LogP contribution in [0.2, 0.25) is 0 Å². The monoisotopic (exact) mass is 117 g/mol. The molecule has 0 amide bonds. The Morgan fingerprint density at radius 3 is 1.75 bits per heavy atom. The second-order valence-corrected chi connectivity index (χ2v) is 1.57. The summed E-state index contributed by atoms with van der Waals surface area (Å²) in [5.74, 6) is -0.833. The molecular formula is C5H11NO2. The molecule has 0 aromatic rings. The number of methoxy groups -OCH3 is 2. The lowest BCUT2D eigenvalue weighted by molar-refractivity contribution is -0.136. The Bertz CT molecular complexity index is 78.5. The molecule has 48 valence electrons. The third kappa shape index (κ3) is 1.60. The Balaban J connectivity index is 3.76. The van der Waals surface area contributed by atoms with Crippen LogP contribution in [-0.2, 0) is 9.47 Å². The van der Waals surface area contributed by atoms with Crippen LogP contribution < -0.4 is 0 Å². The van der Waals surface area contributed by atoms with E-state index in [-0.39, 0.29) is 0 Å². The van der Waals surface area contributed by atoms with E-state index in [4.69, 9.17) is 14.9 Å². The third-order valence-electron chi connectivity index (χ3n) is 1.07. The van der Waals surface area contributed by atoms with Gasteiger partial charge in [-0.15, -0.1) is 0 Å². The van der Waals surface area contributed by atoms with Gasteiger partial charge in [0.1, 0.15) is 0 Å². The van der Waals surface area contributed by atoms with Crippen molar-refractivity contribution < 1.29 is 9.47 Å². The highest BCUT2D eigenvalue weighted by atomic mass is 16.7. The summed E-state index contributed by atoms with van der Waals surface area (Å²) in [6, 6.07) is 0. The highest BCUT2D eigenvalue weighted by Crippen LogP contribution is 2.03. The maximum atomic E-state index is 6.78. The van der Waals surface area contributed by atoms with Crippen LogP contribution >= 0.6 is 0 Å². The summed E-state index contributed by atoms with van der Waals surface area (Å²) in [6.45, 7) is 1.67. The van der Waals surface area contributed by atoms with Crippen molar-refractivity contribution >= 4 is 6.21 Å². The summed E-state index contributed by atoms with van der Waals surface area (Å²) in [4.78, 5) is 0. The van der Waals surface area contributed by atoms with Crippen LogP contribution in [0.3, 0.4) is 0 Å². The Hall–Kier alpha value is -0.410. The molecule has 3 nitrogen and oxygen atoms in total. The molecule has 0 saturated carbocycles. The third-order valence-corrected chi connectivity index (χ3v) is 1.07. The molecular weight excluding hydrogens is 106 g/mol. The molecule has 0 rings (SSSR count). The lowest BCUT2D eigenvalue weighted by atomic mass is 10.4. The Kier molecular flexibility index (Phi) is 2.65. The van der Waals surface area contributed by atoms with Gasteiger partial charge in [-0.25, -0.2) is 0 Å². The minimum Gasteiger partial charge on any atom is -0.349 e. The molecule has 1 N–H and O–H groups in total. The Morgan fingerprint density at radius 2 is 1.75 bits per heavy atom. The maximum Gasteiger partial charge on any atom is 0.201 e. The summed E-state index contributed by atoms with van der Waals surface area (Å²) in [6.07, 6.45) is 1.10. The highest BCUT2D eigenvalue weighted by Gasteiger charge is 2.17. The molecule has 0 radical (unpaired) electrons. The molecule has 0 atom stereocenters. The molecule has 3 heteroatoms. The summed E-state index contributed by atoms with van der Waals surface area (Å²) in [7, 11) is 2.99. The van der Waals surface area contributed by atoms with E-state index in [2.05, 4.69) is 0 Å². The molecule has 0 heterocycles. The second-order valence-electron chi connectivity index (χ2n) is 1.57. The van der Waals surface area contributed by atoms with Crippen LogP contribution in [0.5, 0.6) is 0 Å². The van der Waals surface area contributed by atoms with Crippen molar-refractivity contribution in [1.29, 1.82) is 5.41 Å².